The van der Waals surface area contributed by atoms with E-state index in [2.05, 4.69) is 21.1 Å². The van der Waals surface area contributed by atoms with Crippen LogP contribution in [0, 0.1) is 13.8 Å². The van der Waals surface area contributed by atoms with Crippen molar-refractivity contribution in [3.8, 4) is 45.6 Å². The molecule has 14 heteroatoms. The Kier molecular flexibility index (Phi) is 11.5. The first-order valence-electron chi connectivity index (χ1n) is 18.6. The van der Waals surface area contributed by atoms with E-state index in [9.17, 15) is 40.2 Å². The molecule has 0 saturated heterocycles. The van der Waals surface area contributed by atoms with Gasteiger partial charge in [-0.2, -0.15) is 19.3 Å². The summed E-state index contributed by atoms with van der Waals surface area (Å²) in [7, 11) is 0. The number of pyridine rings is 2. The molecule has 4 aromatic carbocycles. The van der Waals surface area contributed by atoms with Crippen molar-refractivity contribution in [2.24, 2.45) is 10.2 Å². The highest BCUT2D eigenvalue weighted by Gasteiger charge is 2.29. The van der Waals surface area contributed by atoms with Crippen LogP contribution in [-0.2, 0) is 22.7 Å². The van der Waals surface area contributed by atoms with E-state index in [1.54, 1.807) is 84.2 Å². The SMILES string of the molecule is Cc1cc2c(C(C)C)c(O)c(O)c(C=NNC(=O)C[n+]3ccccc3)c2c(O)c1-c1c(C)cc2c(C(C)C)c(O)c(O)c(C=NNC(=O)C[n+]3ccccc3)c2c1O. The second-order valence-corrected chi connectivity index (χ2v) is 14.7. The van der Waals surface area contributed by atoms with Crippen molar-refractivity contribution in [3.05, 3.63) is 107 Å². The minimum atomic E-state index is -0.579. The Labute approximate surface area is 334 Å². The van der Waals surface area contributed by atoms with E-state index in [1.807, 2.05) is 39.8 Å². The molecule has 2 heterocycles. The number of aromatic nitrogens is 2. The summed E-state index contributed by atoms with van der Waals surface area (Å²) in [4.78, 5) is 25.4. The predicted octanol–water partition coefficient (Wildman–Crippen LogP) is 5.63. The summed E-state index contributed by atoms with van der Waals surface area (Å²) in [6.45, 7) is 10.6. The number of hydrogen-bond acceptors (Lipinski definition) is 10. The van der Waals surface area contributed by atoms with E-state index >= 15 is 0 Å². The fraction of sp³-hybridized carbons (Fsp3) is 0.227. The lowest BCUT2D eigenvalue weighted by molar-refractivity contribution is -0.684. The van der Waals surface area contributed by atoms with E-state index in [0.29, 0.717) is 33.0 Å². The molecule has 6 aromatic rings. The van der Waals surface area contributed by atoms with Crippen LogP contribution in [0.25, 0.3) is 32.7 Å². The zero-order valence-corrected chi connectivity index (χ0v) is 32.9. The fourth-order valence-electron chi connectivity index (χ4n) is 7.44. The second-order valence-electron chi connectivity index (χ2n) is 14.7. The van der Waals surface area contributed by atoms with Crippen LogP contribution >= 0.6 is 0 Å². The minimum Gasteiger partial charge on any atom is -0.507 e. The molecule has 0 spiro atoms. The Balaban J connectivity index is 1.55. The Hall–Kier alpha value is -7.22. The molecule has 14 nitrogen and oxygen atoms in total. The van der Waals surface area contributed by atoms with Gasteiger partial charge >= 0.3 is 11.8 Å². The summed E-state index contributed by atoms with van der Waals surface area (Å²) < 4.78 is 3.29. The third kappa shape index (κ3) is 7.63. The summed E-state index contributed by atoms with van der Waals surface area (Å²) in [5.74, 6) is -4.31. The lowest BCUT2D eigenvalue weighted by atomic mass is 9.83. The van der Waals surface area contributed by atoms with Gasteiger partial charge in [-0.1, -0.05) is 52.0 Å². The van der Waals surface area contributed by atoms with Gasteiger partial charge in [0.15, 0.2) is 47.8 Å². The van der Waals surface area contributed by atoms with Crippen LogP contribution in [0.2, 0.25) is 0 Å². The maximum absolute atomic E-state index is 12.7. The monoisotopic (exact) mass is 786 g/mol. The molecule has 58 heavy (non-hydrogen) atoms. The maximum Gasteiger partial charge on any atom is 0.305 e. The number of phenolic OH excluding ortho intramolecular Hbond substituents is 6. The molecule has 0 atom stereocenters. The number of nitrogens with one attached hydrogen (secondary N) is 2. The Bertz CT molecular complexity index is 2460. The summed E-state index contributed by atoms with van der Waals surface area (Å²) in [6, 6.07) is 14.2. The molecule has 2 amide bonds. The molecule has 0 fully saturated rings. The fourth-order valence-corrected chi connectivity index (χ4v) is 7.44. The van der Waals surface area contributed by atoms with Gasteiger partial charge in [0, 0.05) is 57.3 Å². The number of phenols is 6. The number of amides is 2. The van der Waals surface area contributed by atoms with Crippen molar-refractivity contribution >= 4 is 45.8 Å². The van der Waals surface area contributed by atoms with Crippen LogP contribution in [-0.4, -0.2) is 54.9 Å². The van der Waals surface area contributed by atoms with Crippen molar-refractivity contribution in [2.45, 2.75) is 66.5 Å². The van der Waals surface area contributed by atoms with Crippen molar-refractivity contribution < 1.29 is 49.4 Å². The van der Waals surface area contributed by atoms with E-state index in [1.165, 1.54) is 0 Å². The van der Waals surface area contributed by atoms with Gasteiger partial charge in [0.05, 0.1) is 23.6 Å². The zero-order chi connectivity index (χ0) is 42.0. The standard InChI is InChI=1S/C44H44N6O8/c1-23(2)33-27-17-25(5)35(41(55)37(27)29(39(53)43(33)57)19-45-47-31(51)21-49-13-9-7-10-14-49)36-26(6)18-28-34(24(3)4)44(58)40(54)30(38(28)42(36)56)20-46-48-32(52)22-50-15-11-8-12-16-50/h7-20,23-24H,21-22H2,1-6H3,(H6-2,45,46,47,48,51,52,53,54,55,56,57,58)/p+2. The van der Waals surface area contributed by atoms with E-state index in [0.717, 1.165) is 12.4 Å². The Morgan fingerprint density at radius 2 is 0.914 bits per heavy atom. The molecular formula is C44H46N6O8+2. The van der Waals surface area contributed by atoms with Crippen molar-refractivity contribution in [1.29, 1.82) is 0 Å². The van der Waals surface area contributed by atoms with Crippen LogP contribution in [0.4, 0.5) is 0 Å². The van der Waals surface area contributed by atoms with Gasteiger partial charge in [-0.05, 0) is 47.6 Å². The smallest absolute Gasteiger partial charge is 0.305 e. The van der Waals surface area contributed by atoms with Crippen LogP contribution in [0.5, 0.6) is 34.5 Å². The molecule has 0 aliphatic carbocycles. The van der Waals surface area contributed by atoms with Gasteiger partial charge in [0.25, 0.3) is 0 Å². The highest BCUT2D eigenvalue weighted by molar-refractivity contribution is 6.15. The van der Waals surface area contributed by atoms with Gasteiger partial charge in [-0.3, -0.25) is 9.59 Å². The van der Waals surface area contributed by atoms with E-state index in [4.69, 9.17) is 0 Å². The van der Waals surface area contributed by atoms with Gasteiger partial charge in [-0.15, -0.1) is 0 Å². The largest absolute Gasteiger partial charge is 0.507 e. The molecule has 8 N–H and O–H groups in total. The van der Waals surface area contributed by atoms with Crippen LogP contribution in [0.3, 0.4) is 0 Å². The summed E-state index contributed by atoms with van der Waals surface area (Å²) >= 11 is 0. The zero-order valence-electron chi connectivity index (χ0n) is 32.9. The number of hydrogen-bond donors (Lipinski definition) is 8. The van der Waals surface area contributed by atoms with Crippen molar-refractivity contribution in [3.63, 3.8) is 0 Å². The average molecular weight is 787 g/mol. The quantitative estimate of drug-likeness (QED) is 0.0356. The van der Waals surface area contributed by atoms with Crippen LogP contribution < -0.4 is 20.0 Å². The molecule has 0 unspecified atom stereocenters. The normalized spacial score (nSPS) is 11.8. The molecule has 298 valence electrons. The number of carbonyl (C=O) groups is 2. The summed E-state index contributed by atoms with van der Waals surface area (Å²) in [5, 5.41) is 79.0. The third-order valence-electron chi connectivity index (χ3n) is 9.96. The topological polar surface area (TPSA) is 212 Å². The average Bonchev–Trinajstić information content (AvgIpc) is 3.16. The van der Waals surface area contributed by atoms with Gasteiger partial charge in [0.1, 0.15) is 11.5 Å². The molecule has 0 aliphatic heterocycles. The molecular weight excluding hydrogens is 741 g/mol. The number of fused-ring (bicyclic) bond motifs is 2. The molecule has 6 rings (SSSR count). The third-order valence-corrected chi connectivity index (χ3v) is 9.96. The number of carbonyl (C=O) groups excluding carboxylic acids is 2. The lowest BCUT2D eigenvalue weighted by Gasteiger charge is -2.23. The summed E-state index contributed by atoms with van der Waals surface area (Å²) in [6.07, 6.45) is 9.12. The van der Waals surface area contributed by atoms with Crippen molar-refractivity contribution in [1.82, 2.24) is 10.9 Å². The number of hydrazone groups is 2. The number of nitrogens with zero attached hydrogens (tertiary/aromatic N) is 4. The molecule has 2 aromatic heterocycles. The van der Waals surface area contributed by atoms with E-state index in [-0.39, 0.29) is 69.5 Å². The molecule has 0 saturated carbocycles. The highest BCUT2D eigenvalue weighted by atomic mass is 16.3. The Morgan fingerprint density at radius 3 is 1.24 bits per heavy atom. The van der Waals surface area contributed by atoms with Crippen molar-refractivity contribution in [2.75, 3.05) is 0 Å². The number of aromatic hydroxyl groups is 6. The predicted molar refractivity (Wildman–Crippen MR) is 219 cm³/mol. The first kappa shape index (κ1) is 40.4. The maximum atomic E-state index is 12.7. The lowest BCUT2D eigenvalue weighted by Crippen LogP contribution is -2.40. The van der Waals surface area contributed by atoms with Gasteiger partial charge in [-0.25, -0.2) is 10.9 Å². The molecule has 0 bridgehead atoms. The second kappa shape index (κ2) is 16.5. The number of rotatable bonds is 11. The minimum absolute atomic E-state index is 0.0464. The highest BCUT2D eigenvalue weighted by Crippen LogP contribution is 2.54. The summed E-state index contributed by atoms with van der Waals surface area (Å²) in [5.41, 5.74) is 6.66. The molecule has 0 aliphatic rings. The van der Waals surface area contributed by atoms with E-state index < -0.39 is 34.8 Å². The van der Waals surface area contributed by atoms with Crippen LogP contribution in [0.15, 0.2) is 83.5 Å². The van der Waals surface area contributed by atoms with Crippen LogP contribution in [0.1, 0.15) is 72.9 Å². The van der Waals surface area contributed by atoms with Gasteiger partial charge < -0.3 is 30.6 Å². The Morgan fingerprint density at radius 1 is 0.569 bits per heavy atom. The first-order valence-corrected chi connectivity index (χ1v) is 18.6. The van der Waals surface area contributed by atoms with Gasteiger partial charge in [0.2, 0.25) is 13.1 Å². The number of aryl methyl sites for hydroxylation is 2. The first-order chi connectivity index (χ1) is 27.6. The molecule has 0 radical (unpaired) electrons. The number of benzene rings is 4.